The number of ether oxygens (including phenoxy) is 1. The topological polar surface area (TPSA) is 97.6 Å². The number of rotatable bonds is 6. The van der Waals surface area contributed by atoms with E-state index in [4.69, 9.17) is 4.74 Å². The molecule has 1 heterocycles. The molecule has 0 fully saturated rings. The Labute approximate surface area is 132 Å². The quantitative estimate of drug-likeness (QED) is 0.818. The first-order valence-corrected chi connectivity index (χ1v) is 6.87. The monoisotopic (exact) mass is 316 g/mol. The molecule has 0 aliphatic heterocycles. The predicted octanol–water partition coefficient (Wildman–Crippen LogP) is 0.720. The molecular weight excluding hydrogens is 300 g/mol. The Balaban J connectivity index is 2.26. The van der Waals surface area contributed by atoms with Crippen molar-refractivity contribution in [2.75, 3.05) is 13.7 Å². The lowest BCUT2D eigenvalue weighted by Gasteiger charge is -2.11. The van der Waals surface area contributed by atoms with Crippen molar-refractivity contribution < 1.29 is 19.4 Å². The normalized spacial score (nSPS) is 10.1. The van der Waals surface area contributed by atoms with Gasteiger partial charge in [0.2, 0.25) is 0 Å². The van der Waals surface area contributed by atoms with Gasteiger partial charge in [-0.3, -0.25) is 9.59 Å². The molecule has 0 spiro atoms. The van der Waals surface area contributed by atoms with E-state index < -0.39 is 11.5 Å². The second-order valence-electron chi connectivity index (χ2n) is 4.73. The molecule has 0 aliphatic carbocycles. The first-order valence-electron chi connectivity index (χ1n) is 6.87. The van der Waals surface area contributed by atoms with Crippen molar-refractivity contribution in [1.29, 1.82) is 0 Å². The summed E-state index contributed by atoms with van der Waals surface area (Å²) >= 11 is 0. The van der Waals surface area contributed by atoms with E-state index in [0.29, 0.717) is 5.56 Å². The zero-order valence-corrected chi connectivity index (χ0v) is 12.5. The van der Waals surface area contributed by atoms with Crippen LogP contribution in [0.5, 0.6) is 5.75 Å². The number of benzene rings is 1. The highest BCUT2D eigenvalue weighted by Gasteiger charge is 2.12. The van der Waals surface area contributed by atoms with Gasteiger partial charge in [-0.15, -0.1) is 0 Å². The van der Waals surface area contributed by atoms with Crippen LogP contribution in [0.25, 0.3) is 0 Å². The first-order chi connectivity index (χ1) is 11.0. The number of nitrogens with zero attached hydrogens (tertiary/aromatic N) is 1. The molecule has 0 aliphatic rings. The van der Waals surface area contributed by atoms with Gasteiger partial charge in [0, 0.05) is 13.2 Å². The number of nitrogens with one attached hydrogen (secondary N) is 1. The third-order valence-electron chi connectivity index (χ3n) is 3.21. The van der Waals surface area contributed by atoms with Crippen LogP contribution in [0.1, 0.15) is 15.9 Å². The molecule has 1 aromatic carbocycles. The van der Waals surface area contributed by atoms with Crippen LogP contribution >= 0.6 is 0 Å². The van der Waals surface area contributed by atoms with Crippen molar-refractivity contribution >= 4 is 11.9 Å². The Kier molecular flexibility index (Phi) is 5.14. The molecule has 2 N–H and O–H groups in total. The van der Waals surface area contributed by atoms with E-state index in [1.54, 1.807) is 24.3 Å². The Bertz CT molecular complexity index is 782. The van der Waals surface area contributed by atoms with Crippen LogP contribution < -0.4 is 15.6 Å². The fourth-order valence-electron chi connectivity index (χ4n) is 2.02. The third-order valence-corrected chi connectivity index (χ3v) is 3.21. The van der Waals surface area contributed by atoms with E-state index in [2.05, 4.69) is 5.32 Å². The summed E-state index contributed by atoms with van der Waals surface area (Å²) in [6.45, 7) is -0.167. The molecule has 1 aromatic heterocycles. The van der Waals surface area contributed by atoms with Gasteiger partial charge in [-0.1, -0.05) is 18.2 Å². The fourth-order valence-corrected chi connectivity index (χ4v) is 2.02. The number of aromatic nitrogens is 1. The highest BCUT2D eigenvalue weighted by atomic mass is 16.5. The molecule has 0 radical (unpaired) electrons. The molecule has 0 bridgehead atoms. The molecule has 2 aromatic rings. The van der Waals surface area contributed by atoms with Crippen molar-refractivity contribution in [2.45, 2.75) is 6.54 Å². The number of hydrogen-bond acceptors (Lipinski definition) is 4. The SMILES string of the molecule is CNC(=O)COc1cccn(Cc2ccccc2C(=O)O)c1=O. The zero-order valence-electron chi connectivity index (χ0n) is 12.5. The summed E-state index contributed by atoms with van der Waals surface area (Å²) < 4.78 is 6.52. The molecule has 1 amide bonds. The Hall–Kier alpha value is -3.09. The molecule has 120 valence electrons. The van der Waals surface area contributed by atoms with Crippen molar-refractivity contribution in [3.05, 3.63) is 64.1 Å². The molecule has 0 saturated carbocycles. The van der Waals surface area contributed by atoms with Crippen LogP contribution in [0, 0.1) is 0 Å². The largest absolute Gasteiger partial charge is 0.478 e. The summed E-state index contributed by atoms with van der Waals surface area (Å²) in [5.41, 5.74) is 0.207. The van der Waals surface area contributed by atoms with Crippen molar-refractivity contribution in [3.63, 3.8) is 0 Å². The van der Waals surface area contributed by atoms with Gasteiger partial charge in [0.1, 0.15) is 0 Å². The first kappa shape index (κ1) is 16.3. The summed E-state index contributed by atoms with van der Waals surface area (Å²) in [5.74, 6) is -1.37. The average Bonchev–Trinajstić information content (AvgIpc) is 2.55. The van der Waals surface area contributed by atoms with Crippen molar-refractivity contribution in [2.24, 2.45) is 0 Å². The second-order valence-corrected chi connectivity index (χ2v) is 4.73. The van der Waals surface area contributed by atoms with Gasteiger partial charge in [0.15, 0.2) is 12.4 Å². The average molecular weight is 316 g/mol. The van der Waals surface area contributed by atoms with Crippen LogP contribution in [0.4, 0.5) is 0 Å². The summed E-state index contributed by atoms with van der Waals surface area (Å²) in [6, 6.07) is 9.52. The van der Waals surface area contributed by atoms with Crippen LogP contribution in [0.3, 0.4) is 0 Å². The molecule has 2 rings (SSSR count). The van der Waals surface area contributed by atoms with Crippen LogP contribution in [0.2, 0.25) is 0 Å². The summed E-state index contributed by atoms with van der Waals surface area (Å²) in [7, 11) is 1.47. The standard InChI is InChI=1S/C16H16N2O5/c1-17-14(19)10-23-13-7-4-8-18(15(13)20)9-11-5-2-3-6-12(11)16(21)22/h2-8H,9-10H2,1H3,(H,17,19)(H,21,22). The minimum absolute atomic E-state index is 0.0314. The lowest BCUT2D eigenvalue weighted by Crippen LogP contribution is -2.28. The van der Waals surface area contributed by atoms with Gasteiger partial charge in [0.05, 0.1) is 12.1 Å². The number of hydrogen-bond donors (Lipinski definition) is 2. The van der Waals surface area contributed by atoms with Gasteiger partial charge in [-0.25, -0.2) is 4.79 Å². The van der Waals surface area contributed by atoms with E-state index in [1.807, 2.05) is 0 Å². The van der Waals surface area contributed by atoms with E-state index in [-0.39, 0.29) is 30.4 Å². The van der Waals surface area contributed by atoms with E-state index in [9.17, 15) is 19.5 Å². The molecule has 7 nitrogen and oxygen atoms in total. The molecule has 7 heteroatoms. The second kappa shape index (κ2) is 7.26. The van der Waals surface area contributed by atoms with Crippen LogP contribution in [-0.4, -0.2) is 35.2 Å². The number of carbonyl (C=O) groups is 2. The number of carboxylic acid groups (broad SMARTS) is 1. The van der Waals surface area contributed by atoms with Crippen molar-refractivity contribution in [1.82, 2.24) is 9.88 Å². The molecular formula is C16H16N2O5. The van der Waals surface area contributed by atoms with Gasteiger partial charge >= 0.3 is 5.97 Å². The Morgan fingerprint density at radius 2 is 1.96 bits per heavy atom. The number of amides is 1. The number of pyridine rings is 1. The highest BCUT2D eigenvalue weighted by molar-refractivity contribution is 5.89. The lowest BCUT2D eigenvalue weighted by molar-refractivity contribution is -0.122. The Morgan fingerprint density at radius 1 is 1.22 bits per heavy atom. The van der Waals surface area contributed by atoms with Gasteiger partial charge < -0.3 is 19.7 Å². The highest BCUT2D eigenvalue weighted by Crippen LogP contribution is 2.11. The maximum Gasteiger partial charge on any atom is 0.336 e. The minimum atomic E-state index is -1.05. The summed E-state index contributed by atoms with van der Waals surface area (Å²) in [4.78, 5) is 34.7. The number of carboxylic acids is 1. The maximum atomic E-state index is 12.3. The molecule has 0 saturated heterocycles. The van der Waals surface area contributed by atoms with Gasteiger partial charge in [-0.05, 0) is 23.8 Å². The van der Waals surface area contributed by atoms with E-state index in [1.165, 1.54) is 29.9 Å². The lowest BCUT2D eigenvalue weighted by atomic mass is 10.1. The fraction of sp³-hybridized carbons (Fsp3) is 0.188. The number of carbonyl (C=O) groups excluding carboxylic acids is 1. The van der Waals surface area contributed by atoms with Gasteiger partial charge in [-0.2, -0.15) is 0 Å². The summed E-state index contributed by atoms with van der Waals surface area (Å²) in [6.07, 6.45) is 1.54. The Morgan fingerprint density at radius 3 is 2.65 bits per heavy atom. The smallest absolute Gasteiger partial charge is 0.336 e. The molecule has 0 atom stereocenters. The number of likely N-dealkylation sites (N-methyl/N-ethyl adjacent to an activating group) is 1. The van der Waals surface area contributed by atoms with Crippen molar-refractivity contribution in [3.8, 4) is 5.75 Å². The zero-order chi connectivity index (χ0) is 16.8. The molecule has 23 heavy (non-hydrogen) atoms. The predicted molar refractivity (Wildman–Crippen MR) is 82.8 cm³/mol. The number of aromatic carboxylic acids is 1. The van der Waals surface area contributed by atoms with Crippen LogP contribution in [0.15, 0.2) is 47.4 Å². The minimum Gasteiger partial charge on any atom is -0.478 e. The van der Waals surface area contributed by atoms with Crippen LogP contribution in [-0.2, 0) is 11.3 Å². The maximum absolute atomic E-state index is 12.3. The van der Waals surface area contributed by atoms with Gasteiger partial charge in [0.25, 0.3) is 11.5 Å². The van der Waals surface area contributed by atoms with E-state index in [0.717, 1.165) is 0 Å². The molecule has 0 unspecified atom stereocenters. The van der Waals surface area contributed by atoms with E-state index >= 15 is 0 Å². The summed E-state index contributed by atoms with van der Waals surface area (Å²) in [5, 5.41) is 11.6. The third kappa shape index (κ3) is 3.97.